The van der Waals surface area contributed by atoms with Crippen LogP contribution in [0.5, 0.6) is 0 Å². The van der Waals surface area contributed by atoms with Gasteiger partial charge < -0.3 is 10.3 Å². The molecule has 0 aliphatic heterocycles. The van der Waals surface area contributed by atoms with Crippen LogP contribution in [0.2, 0.25) is 0 Å². The number of rotatable bonds is 4. The lowest BCUT2D eigenvalue weighted by molar-refractivity contribution is 0.234. The number of aromatic amines is 1. The lowest BCUT2D eigenvalue weighted by atomic mass is 10.1. The third-order valence-electron chi connectivity index (χ3n) is 3.68. The van der Waals surface area contributed by atoms with Crippen LogP contribution in [0.15, 0.2) is 37.1 Å². The zero-order valence-electron chi connectivity index (χ0n) is 13.3. The summed E-state index contributed by atoms with van der Waals surface area (Å²) in [5.41, 5.74) is 2.10. The third kappa shape index (κ3) is 2.66. The summed E-state index contributed by atoms with van der Waals surface area (Å²) in [5.74, 6) is 0.397. The molecule has 0 bridgehead atoms. The van der Waals surface area contributed by atoms with Crippen LogP contribution >= 0.6 is 0 Å². The second kappa shape index (κ2) is 5.26. The van der Waals surface area contributed by atoms with E-state index in [1.165, 1.54) is 20.2 Å². The van der Waals surface area contributed by atoms with Gasteiger partial charge in [0.15, 0.2) is 5.65 Å². The number of H-pyrrole nitrogens is 1. The number of halogens is 1. The van der Waals surface area contributed by atoms with E-state index in [0.717, 1.165) is 22.2 Å². The monoisotopic (exact) mass is 325 g/mol. The van der Waals surface area contributed by atoms with Gasteiger partial charge in [-0.2, -0.15) is 10.1 Å². The summed E-state index contributed by atoms with van der Waals surface area (Å²) in [6.45, 7) is 3.16. The molecule has 2 N–H and O–H groups in total. The molecule has 0 radical (unpaired) electrons. The lowest BCUT2D eigenvalue weighted by Gasteiger charge is -2.14. The van der Waals surface area contributed by atoms with Crippen molar-refractivity contribution in [3.63, 3.8) is 0 Å². The minimum absolute atomic E-state index is 0.148. The van der Waals surface area contributed by atoms with E-state index in [9.17, 15) is 4.39 Å². The number of pyridine rings is 1. The lowest BCUT2D eigenvalue weighted by Crippen LogP contribution is -2.25. The zero-order chi connectivity index (χ0) is 16.7. The maximum absolute atomic E-state index is 13.6. The molecule has 0 fully saturated rings. The first-order valence-corrected chi connectivity index (χ1v) is 7.56. The molecule has 4 rings (SSSR count). The summed E-state index contributed by atoms with van der Waals surface area (Å²) >= 11 is 0. The predicted octanol–water partition coefficient (Wildman–Crippen LogP) is 2.83. The molecular formula is C16H16FN7. The van der Waals surface area contributed by atoms with Crippen LogP contribution in [-0.4, -0.2) is 41.8 Å². The topological polar surface area (TPSA) is 83.8 Å². The second-order valence-electron chi connectivity index (χ2n) is 6.21. The van der Waals surface area contributed by atoms with Crippen LogP contribution in [0.3, 0.4) is 0 Å². The van der Waals surface area contributed by atoms with Crippen molar-refractivity contribution in [1.29, 1.82) is 0 Å². The van der Waals surface area contributed by atoms with Crippen LogP contribution in [-0.2, 0) is 0 Å². The number of fused-ring (bicyclic) bond motifs is 2. The highest BCUT2D eigenvalue weighted by Gasteiger charge is 2.16. The number of nitrogens with one attached hydrogen (secondary N) is 2. The molecule has 0 unspecified atom stereocenters. The summed E-state index contributed by atoms with van der Waals surface area (Å²) in [6, 6.07) is 3.88. The minimum Gasteiger partial charge on any atom is -0.351 e. The van der Waals surface area contributed by atoms with E-state index < -0.39 is 5.67 Å². The fourth-order valence-electron chi connectivity index (χ4n) is 2.50. The summed E-state index contributed by atoms with van der Waals surface area (Å²) in [7, 11) is 0. The van der Waals surface area contributed by atoms with Crippen molar-refractivity contribution in [2.24, 2.45) is 0 Å². The fourth-order valence-corrected chi connectivity index (χ4v) is 2.50. The van der Waals surface area contributed by atoms with Crippen LogP contribution in [0.1, 0.15) is 13.8 Å². The van der Waals surface area contributed by atoms with Crippen molar-refractivity contribution in [1.82, 2.24) is 29.5 Å². The largest absolute Gasteiger partial charge is 0.351 e. The summed E-state index contributed by atoms with van der Waals surface area (Å²) in [5, 5.41) is 7.94. The quantitative estimate of drug-likeness (QED) is 0.603. The molecule has 24 heavy (non-hydrogen) atoms. The maximum atomic E-state index is 13.6. The Labute approximate surface area is 137 Å². The standard InChI is InChI=1S/C16H16FN7/c1-16(2,17)8-20-15-19-6-12-11(5-18-14(12)23-15)10-3-4-13-21-9-22-24(13)7-10/h3-7,9H,8H2,1-2H3,(H2,18,19,20,23). The Hall–Kier alpha value is -3.03. The highest BCUT2D eigenvalue weighted by Crippen LogP contribution is 2.27. The second-order valence-corrected chi connectivity index (χ2v) is 6.21. The van der Waals surface area contributed by atoms with Gasteiger partial charge in [0.1, 0.15) is 17.6 Å². The van der Waals surface area contributed by atoms with Gasteiger partial charge in [-0.15, -0.1) is 0 Å². The molecule has 122 valence electrons. The number of hydrogen-bond donors (Lipinski definition) is 2. The third-order valence-corrected chi connectivity index (χ3v) is 3.68. The normalized spacial score (nSPS) is 12.1. The van der Waals surface area contributed by atoms with E-state index >= 15 is 0 Å². The van der Waals surface area contributed by atoms with Crippen LogP contribution in [0, 0.1) is 0 Å². The van der Waals surface area contributed by atoms with Gasteiger partial charge >= 0.3 is 0 Å². The Balaban J connectivity index is 1.69. The molecule has 0 aliphatic rings. The average molecular weight is 325 g/mol. The van der Waals surface area contributed by atoms with E-state index in [1.807, 2.05) is 24.5 Å². The Morgan fingerprint density at radius 2 is 2.17 bits per heavy atom. The molecule has 0 spiro atoms. The van der Waals surface area contributed by atoms with Crippen LogP contribution in [0.25, 0.3) is 27.8 Å². The molecule has 4 heterocycles. The first-order chi connectivity index (χ1) is 11.5. The highest BCUT2D eigenvalue weighted by molar-refractivity contribution is 5.93. The maximum Gasteiger partial charge on any atom is 0.224 e. The van der Waals surface area contributed by atoms with Crippen molar-refractivity contribution in [3.05, 3.63) is 37.1 Å². The molecular weight excluding hydrogens is 309 g/mol. The van der Waals surface area contributed by atoms with Crippen molar-refractivity contribution in [2.45, 2.75) is 19.5 Å². The molecule has 0 saturated carbocycles. The number of nitrogens with zero attached hydrogens (tertiary/aromatic N) is 5. The van der Waals surface area contributed by atoms with Gasteiger partial charge in [0.25, 0.3) is 0 Å². The van der Waals surface area contributed by atoms with Crippen molar-refractivity contribution in [2.75, 3.05) is 11.9 Å². The van der Waals surface area contributed by atoms with E-state index in [1.54, 1.807) is 10.7 Å². The molecule has 4 aromatic rings. The Morgan fingerprint density at radius 3 is 3.00 bits per heavy atom. The number of hydrogen-bond acceptors (Lipinski definition) is 5. The van der Waals surface area contributed by atoms with Gasteiger partial charge in [-0.05, 0) is 26.0 Å². The number of alkyl halides is 1. The van der Waals surface area contributed by atoms with Crippen LogP contribution < -0.4 is 5.32 Å². The van der Waals surface area contributed by atoms with Crippen LogP contribution in [0.4, 0.5) is 10.3 Å². The number of aromatic nitrogens is 6. The van der Waals surface area contributed by atoms with Gasteiger partial charge in [0, 0.05) is 35.1 Å². The number of anilines is 1. The van der Waals surface area contributed by atoms with Gasteiger partial charge in [-0.25, -0.2) is 18.9 Å². The van der Waals surface area contributed by atoms with Gasteiger partial charge in [0.2, 0.25) is 5.95 Å². The van der Waals surface area contributed by atoms with E-state index in [0.29, 0.717) is 11.6 Å². The minimum atomic E-state index is -1.33. The molecule has 8 heteroatoms. The summed E-state index contributed by atoms with van der Waals surface area (Å²) in [6.07, 6.45) is 7.03. The molecule has 0 atom stereocenters. The highest BCUT2D eigenvalue weighted by atomic mass is 19.1. The molecule has 0 amide bonds. The average Bonchev–Trinajstić information content (AvgIpc) is 3.17. The summed E-state index contributed by atoms with van der Waals surface area (Å²) in [4.78, 5) is 15.9. The van der Waals surface area contributed by atoms with E-state index in [-0.39, 0.29) is 6.54 Å². The van der Waals surface area contributed by atoms with Crippen molar-refractivity contribution >= 4 is 22.6 Å². The molecule has 0 saturated heterocycles. The first-order valence-electron chi connectivity index (χ1n) is 7.56. The smallest absolute Gasteiger partial charge is 0.224 e. The molecule has 4 aromatic heterocycles. The van der Waals surface area contributed by atoms with Gasteiger partial charge in [-0.3, -0.25) is 0 Å². The molecule has 7 nitrogen and oxygen atoms in total. The fraction of sp³-hybridized carbons (Fsp3) is 0.250. The SMILES string of the molecule is CC(C)(F)CNc1ncc2c(-c3ccc4ncnn4c3)c[nH]c2n1. The van der Waals surface area contributed by atoms with E-state index in [4.69, 9.17) is 0 Å². The molecule has 0 aliphatic carbocycles. The molecule has 0 aromatic carbocycles. The van der Waals surface area contributed by atoms with Gasteiger partial charge in [-0.1, -0.05) is 0 Å². The zero-order valence-corrected chi connectivity index (χ0v) is 13.3. The van der Waals surface area contributed by atoms with Gasteiger partial charge in [0.05, 0.1) is 6.54 Å². The Morgan fingerprint density at radius 1 is 1.29 bits per heavy atom. The Bertz CT molecular complexity index is 1010. The summed E-state index contributed by atoms with van der Waals surface area (Å²) < 4.78 is 15.3. The van der Waals surface area contributed by atoms with Crippen molar-refractivity contribution < 1.29 is 4.39 Å². The van der Waals surface area contributed by atoms with Crippen molar-refractivity contribution in [3.8, 4) is 11.1 Å². The Kier molecular flexibility index (Phi) is 3.19. The van der Waals surface area contributed by atoms with E-state index in [2.05, 4.69) is 30.4 Å². The first kappa shape index (κ1) is 14.6. The predicted molar refractivity (Wildman–Crippen MR) is 89.5 cm³/mol.